The van der Waals surface area contributed by atoms with Crippen molar-refractivity contribution in [1.29, 1.82) is 0 Å². The van der Waals surface area contributed by atoms with Crippen LogP contribution in [0, 0.1) is 13.8 Å². The maximum Gasteiger partial charge on any atom is 0.125 e. The van der Waals surface area contributed by atoms with Crippen LogP contribution in [0.4, 0.5) is 0 Å². The minimum atomic E-state index is 0.130. The Morgan fingerprint density at radius 3 is 2.37 bits per heavy atom. The van der Waals surface area contributed by atoms with Gasteiger partial charge in [-0.3, -0.25) is 0 Å². The zero-order chi connectivity index (χ0) is 14.3. The van der Waals surface area contributed by atoms with Gasteiger partial charge in [-0.05, 0) is 43.2 Å². The first kappa shape index (κ1) is 16.2. The molecule has 0 saturated carbocycles. The molecule has 0 aliphatic rings. The molecule has 0 aliphatic carbocycles. The fourth-order valence-corrected chi connectivity index (χ4v) is 1.79. The molecule has 0 bridgehead atoms. The van der Waals surface area contributed by atoms with Crippen LogP contribution < -0.4 is 9.47 Å². The molecule has 3 nitrogen and oxygen atoms in total. The molecule has 106 valence electrons. The van der Waals surface area contributed by atoms with Crippen LogP contribution in [0.2, 0.25) is 0 Å². The molecule has 0 spiro atoms. The molecule has 0 heterocycles. The number of aryl methyl sites for hydroxylation is 2. The minimum absolute atomic E-state index is 0.130. The molecule has 5 heteroatoms. The molecule has 0 saturated heterocycles. The van der Waals surface area contributed by atoms with Crippen molar-refractivity contribution in [2.45, 2.75) is 20.3 Å². The van der Waals surface area contributed by atoms with Crippen molar-refractivity contribution in [2.24, 2.45) is 0 Å². The second-order valence-corrected chi connectivity index (χ2v) is 5.12. The summed E-state index contributed by atoms with van der Waals surface area (Å²) in [6.07, 6.45) is 2.20. The molecular formula is C14H18Cl2O3. The van der Waals surface area contributed by atoms with Crippen LogP contribution in [0.25, 0.3) is 0 Å². The summed E-state index contributed by atoms with van der Waals surface area (Å²) in [6.45, 7) is 4.87. The monoisotopic (exact) mass is 304 g/mol. The van der Waals surface area contributed by atoms with E-state index in [2.05, 4.69) is 0 Å². The first-order valence-electron chi connectivity index (χ1n) is 6.03. The average molecular weight is 305 g/mol. The Bertz CT molecular complexity index is 417. The molecule has 1 aromatic rings. The Morgan fingerprint density at radius 2 is 1.84 bits per heavy atom. The highest BCUT2D eigenvalue weighted by molar-refractivity contribution is 6.55. The molecule has 0 amide bonds. The SMILES string of the molecule is Cc1cc(OCC=C(Cl)Cl)cc(C)c1OCCCO. The Morgan fingerprint density at radius 1 is 1.21 bits per heavy atom. The van der Waals surface area contributed by atoms with E-state index in [0.717, 1.165) is 22.6 Å². The van der Waals surface area contributed by atoms with Crippen LogP contribution in [0.5, 0.6) is 11.5 Å². The van der Waals surface area contributed by atoms with E-state index in [0.29, 0.717) is 19.6 Å². The van der Waals surface area contributed by atoms with Gasteiger partial charge in [0.15, 0.2) is 0 Å². The van der Waals surface area contributed by atoms with E-state index < -0.39 is 0 Å². The number of hydrogen-bond donors (Lipinski definition) is 1. The van der Waals surface area contributed by atoms with Crippen LogP contribution in [0.15, 0.2) is 22.7 Å². The van der Waals surface area contributed by atoms with E-state index >= 15 is 0 Å². The molecule has 0 aliphatic heterocycles. The molecule has 1 N–H and O–H groups in total. The highest BCUT2D eigenvalue weighted by Crippen LogP contribution is 2.28. The molecule has 0 fully saturated rings. The Kier molecular flexibility index (Phi) is 7.06. The van der Waals surface area contributed by atoms with Crippen molar-refractivity contribution in [3.63, 3.8) is 0 Å². The Hall–Kier alpha value is -0.900. The van der Waals surface area contributed by atoms with Crippen LogP contribution in [0.1, 0.15) is 17.5 Å². The summed E-state index contributed by atoms with van der Waals surface area (Å²) in [4.78, 5) is 0. The topological polar surface area (TPSA) is 38.7 Å². The zero-order valence-electron chi connectivity index (χ0n) is 11.1. The van der Waals surface area contributed by atoms with Gasteiger partial charge in [-0.25, -0.2) is 0 Å². The fraction of sp³-hybridized carbons (Fsp3) is 0.429. The summed E-state index contributed by atoms with van der Waals surface area (Å²) in [7, 11) is 0. The minimum Gasteiger partial charge on any atom is -0.493 e. The molecule has 0 unspecified atom stereocenters. The Balaban J connectivity index is 2.70. The summed E-state index contributed by atoms with van der Waals surface area (Å²) in [5.41, 5.74) is 1.99. The van der Waals surface area contributed by atoms with E-state index in [1.807, 2.05) is 26.0 Å². The van der Waals surface area contributed by atoms with Gasteiger partial charge in [-0.2, -0.15) is 0 Å². The van der Waals surface area contributed by atoms with Crippen molar-refractivity contribution in [3.8, 4) is 11.5 Å². The van der Waals surface area contributed by atoms with Gasteiger partial charge in [-0.1, -0.05) is 23.2 Å². The van der Waals surface area contributed by atoms with Crippen LogP contribution in [-0.2, 0) is 0 Å². The average Bonchev–Trinajstić information content (AvgIpc) is 2.32. The number of aliphatic hydroxyl groups is 1. The summed E-state index contributed by atoms with van der Waals surface area (Å²) in [6, 6.07) is 3.80. The first-order chi connectivity index (χ1) is 9.04. The summed E-state index contributed by atoms with van der Waals surface area (Å²) < 4.78 is 11.3. The predicted octanol–water partition coefficient (Wildman–Crippen LogP) is 3.76. The van der Waals surface area contributed by atoms with E-state index in [1.165, 1.54) is 0 Å². The Labute approximate surface area is 123 Å². The van der Waals surface area contributed by atoms with Gasteiger partial charge in [0.25, 0.3) is 0 Å². The van der Waals surface area contributed by atoms with Crippen LogP contribution in [0.3, 0.4) is 0 Å². The lowest BCUT2D eigenvalue weighted by Gasteiger charge is -2.14. The maximum absolute atomic E-state index is 8.74. The van der Waals surface area contributed by atoms with Gasteiger partial charge in [0.2, 0.25) is 0 Å². The predicted molar refractivity (Wildman–Crippen MR) is 78.4 cm³/mol. The molecule has 0 aromatic heterocycles. The summed E-state index contributed by atoms with van der Waals surface area (Å²) >= 11 is 11.0. The third-order valence-electron chi connectivity index (χ3n) is 2.47. The highest BCUT2D eigenvalue weighted by atomic mass is 35.5. The largest absolute Gasteiger partial charge is 0.493 e. The van der Waals surface area contributed by atoms with Crippen molar-refractivity contribution >= 4 is 23.2 Å². The number of ether oxygens (including phenoxy) is 2. The smallest absolute Gasteiger partial charge is 0.125 e. The second kappa shape index (κ2) is 8.31. The van der Waals surface area contributed by atoms with Crippen molar-refractivity contribution in [3.05, 3.63) is 33.8 Å². The highest BCUT2D eigenvalue weighted by Gasteiger charge is 2.07. The maximum atomic E-state index is 8.74. The quantitative estimate of drug-likeness (QED) is 0.780. The van der Waals surface area contributed by atoms with Crippen molar-refractivity contribution in [2.75, 3.05) is 19.8 Å². The number of rotatable bonds is 7. The standard InChI is InChI=1S/C14H18Cl2O3/c1-10-8-12(18-7-4-13(15)16)9-11(2)14(10)19-6-3-5-17/h4,8-9,17H,3,5-7H2,1-2H3. The van der Waals surface area contributed by atoms with Gasteiger partial charge in [0.1, 0.15) is 22.6 Å². The lowest BCUT2D eigenvalue weighted by Crippen LogP contribution is -2.03. The third-order valence-corrected chi connectivity index (χ3v) is 2.78. The molecular weight excluding hydrogens is 287 g/mol. The van der Waals surface area contributed by atoms with Gasteiger partial charge in [0, 0.05) is 13.0 Å². The van der Waals surface area contributed by atoms with Gasteiger partial charge >= 0.3 is 0 Å². The van der Waals surface area contributed by atoms with Gasteiger partial charge < -0.3 is 14.6 Å². The van der Waals surface area contributed by atoms with Crippen LogP contribution in [-0.4, -0.2) is 24.9 Å². The van der Waals surface area contributed by atoms with E-state index in [4.69, 9.17) is 37.8 Å². The third kappa shape index (κ3) is 5.72. The lowest BCUT2D eigenvalue weighted by atomic mass is 10.1. The second-order valence-electron chi connectivity index (χ2n) is 4.12. The fourth-order valence-electron chi connectivity index (χ4n) is 1.66. The van der Waals surface area contributed by atoms with Crippen LogP contribution >= 0.6 is 23.2 Å². The first-order valence-corrected chi connectivity index (χ1v) is 6.79. The van der Waals surface area contributed by atoms with E-state index in [-0.39, 0.29) is 11.1 Å². The molecule has 1 aromatic carbocycles. The summed E-state index contributed by atoms with van der Waals surface area (Å²) in [5, 5.41) is 8.74. The summed E-state index contributed by atoms with van der Waals surface area (Å²) in [5.74, 6) is 1.59. The van der Waals surface area contributed by atoms with Gasteiger partial charge in [-0.15, -0.1) is 0 Å². The molecule has 0 radical (unpaired) electrons. The number of benzene rings is 1. The normalized spacial score (nSPS) is 10.2. The lowest BCUT2D eigenvalue weighted by molar-refractivity contribution is 0.232. The molecule has 19 heavy (non-hydrogen) atoms. The van der Waals surface area contributed by atoms with Gasteiger partial charge in [0.05, 0.1) is 6.61 Å². The molecule has 0 atom stereocenters. The van der Waals surface area contributed by atoms with E-state index in [1.54, 1.807) is 6.08 Å². The zero-order valence-corrected chi connectivity index (χ0v) is 12.6. The number of aliphatic hydroxyl groups excluding tert-OH is 1. The van der Waals surface area contributed by atoms with E-state index in [9.17, 15) is 0 Å². The number of halogens is 2. The van der Waals surface area contributed by atoms with Crippen molar-refractivity contribution < 1.29 is 14.6 Å². The van der Waals surface area contributed by atoms with Crippen molar-refractivity contribution in [1.82, 2.24) is 0 Å². The molecule has 1 rings (SSSR count). The number of hydrogen-bond acceptors (Lipinski definition) is 3.